The van der Waals surface area contributed by atoms with Gasteiger partial charge in [-0.1, -0.05) is 29.8 Å². The molecular weight excluding hydrogens is 342 g/mol. The van der Waals surface area contributed by atoms with Crippen molar-refractivity contribution >= 4 is 11.9 Å². The van der Waals surface area contributed by atoms with E-state index in [0.29, 0.717) is 19.4 Å². The van der Waals surface area contributed by atoms with Crippen molar-refractivity contribution in [2.24, 2.45) is 11.8 Å². The Morgan fingerprint density at radius 2 is 1.81 bits per heavy atom. The van der Waals surface area contributed by atoms with Crippen LogP contribution >= 0.6 is 0 Å². The van der Waals surface area contributed by atoms with Gasteiger partial charge in [0, 0.05) is 26.1 Å². The predicted octanol–water partition coefficient (Wildman–Crippen LogP) is 3.44. The molecule has 2 atom stereocenters. The number of carbonyl (C=O) groups excluding carboxylic acids is 1. The highest BCUT2D eigenvalue weighted by Gasteiger charge is 2.40. The maximum absolute atomic E-state index is 12.5. The number of piperidine rings is 1. The van der Waals surface area contributed by atoms with Gasteiger partial charge in [0.05, 0.1) is 12.0 Å². The lowest BCUT2D eigenvalue weighted by atomic mass is 9.84. The van der Waals surface area contributed by atoms with E-state index in [9.17, 15) is 14.7 Å². The molecule has 5 nitrogen and oxygen atoms in total. The molecule has 0 aromatic heterocycles. The number of benzene rings is 1. The van der Waals surface area contributed by atoms with Crippen molar-refractivity contribution in [2.45, 2.75) is 58.0 Å². The molecule has 2 aliphatic heterocycles. The van der Waals surface area contributed by atoms with Crippen LogP contribution in [0.2, 0.25) is 0 Å². The number of nitrogens with zero attached hydrogens (tertiary/aromatic N) is 1. The van der Waals surface area contributed by atoms with E-state index in [1.807, 2.05) is 4.90 Å². The first-order valence-corrected chi connectivity index (χ1v) is 10.2. The second kappa shape index (κ2) is 9.36. The molecule has 1 aromatic rings. The Morgan fingerprint density at radius 3 is 2.48 bits per heavy atom. The summed E-state index contributed by atoms with van der Waals surface area (Å²) in [4.78, 5) is 25.8. The smallest absolute Gasteiger partial charge is 0.309 e. The summed E-state index contributed by atoms with van der Waals surface area (Å²) in [6, 6.07) is 8.59. The van der Waals surface area contributed by atoms with E-state index in [-0.39, 0.29) is 23.8 Å². The van der Waals surface area contributed by atoms with Gasteiger partial charge in [-0.05, 0) is 56.9 Å². The maximum atomic E-state index is 12.5. The van der Waals surface area contributed by atoms with Crippen molar-refractivity contribution in [1.29, 1.82) is 0 Å². The monoisotopic (exact) mass is 373 g/mol. The average Bonchev–Trinajstić information content (AvgIpc) is 3.17. The van der Waals surface area contributed by atoms with E-state index in [4.69, 9.17) is 4.74 Å². The van der Waals surface area contributed by atoms with Gasteiger partial charge in [0.25, 0.3) is 0 Å². The van der Waals surface area contributed by atoms with Crippen LogP contribution < -0.4 is 0 Å². The van der Waals surface area contributed by atoms with Crippen LogP contribution in [0, 0.1) is 18.8 Å². The number of amides is 1. The molecule has 0 aliphatic carbocycles. The summed E-state index contributed by atoms with van der Waals surface area (Å²) in [6.07, 6.45) is 5.71. The minimum Gasteiger partial charge on any atom is -0.481 e. The Kier molecular flexibility index (Phi) is 6.89. The number of ether oxygens (including phenoxy) is 1. The van der Waals surface area contributed by atoms with Gasteiger partial charge in [0.15, 0.2) is 0 Å². The highest BCUT2D eigenvalue weighted by Crippen LogP contribution is 2.33. The summed E-state index contributed by atoms with van der Waals surface area (Å²) < 4.78 is 5.71. The van der Waals surface area contributed by atoms with Gasteiger partial charge >= 0.3 is 5.97 Å². The van der Waals surface area contributed by atoms with E-state index in [0.717, 1.165) is 45.2 Å². The molecule has 5 heteroatoms. The summed E-state index contributed by atoms with van der Waals surface area (Å²) >= 11 is 0. The van der Waals surface area contributed by atoms with E-state index >= 15 is 0 Å². The molecular formula is C22H31NO4. The largest absolute Gasteiger partial charge is 0.481 e. The van der Waals surface area contributed by atoms with Crippen molar-refractivity contribution in [3.8, 4) is 0 Å². The number of hydrogen-bond acceptors (Lipinski definition) is 3. The first kappa shape index (κ1) is 19.9. The van der Waals surface area contributed by atoms with Crippen LogP contribution in [0.15, 0.2) is 24.3 Å². The molecule has 1 amide bonds. The van der Waals surface area contributed by atoms with Gasteiger partial charge in [0.2, 0.25) is 5.91 Å². The van der Waals surface area contributed by atoms with E-state index < -0.39 is 5.97 Å². The second-order valence-corrected chi connectivity index (χ2v) is 7.98. The lowest BCUT2D eigenvalue weighted by molar-refractivity contribution is -0.146. The van der Waals surface area contributed by atoms with Gasteiger partial charge in [-0.25, -0.2) is 0 Å². The Hall–Kier alpha value is -1.88. The number of rotatable bonds is 7. The van der Waals surface area contributed by atoms with Gasteiger partial charge in [-0.2, -0.15) is 0 Å². The summed E-state index contributed by atoms with van der Waals surface area (Å²) in [6.45, 7) is 4.09. The quantitative estimate of drug-likeness (QED) is 0.744. The lowest BCUT2D eigenvalue weighted by Crippen LogP contribution is -2.43. The first-order valence-electron chi connectivity index (χ1n) is 10.2. The van der Waals surface area contributed by atoms with Crippen molar-refractivity contribution < 1.29 is 19.4 Å². The zero-order chi connectivity index (χ0) is 19.2. The Balaban J connectivity index is 1.36. The normalized spacial score (nSPS) is 23.5. The molecule has 2 fully saturated rings. The van der Waals surface area contributed by atoms with E-state index in [1.165, 1.54) is 11.1 Å². The molecule has 2 aliphatic rings. The van der Waals surface area contributed by atoms with Gasteiger partial charge in [0.1, 0.15) is 0 Å². The Morgan fingerprint density at radius 1 is 1.11 bits per heavy atom. The Bertz CT molecular complexity index is 634. The predicted molar refractivity (Wildman–Crippen MR) is 104 cm³/mol. The number of unbranched alkanes of at least 4 members (excludes halogenated alkanes) is 1. The molecule has 2 saturated heterocycles. The summed E-state index contributed by atoms with van der Waals surface area (Å²) in [5.74, 6) is -0.623. The molecule has 0 bridgehead atoms. The van der Waals surface area contributed by atoms with E-state index in [2.05, 4.69) is 31.2 Å². The highest BCUT2D eigenvalue weighted by molar-refractivity contribution is 5.76. The average molecular weight is 373 g/mol. The second-order valence-electron chi connectivity index (χ2n) is 7.98. The third-order valence-electron chi connectivity index (χ3n) is 6.04. The minimum absolute atomic E-state index is 0.172. The lowest BCUT2D eigenvalue weighted by Gasteiger charge is -2.35. The van der Waals surface area contributed by atoms with Crippen molar-refractivity contribution in [2.75, 3.05) is 19.7 Å². The maximum Gasteiger partial charge on any atom is 0.309 e. The number of carbonyl (C=O) groups is 2. The van der Waals surface area contributed by atoms with E-state index in [1.54, 1.807) is 0 Å². The fourth-order valence-corrected chi connectivity index (χ4v) is 4.34. The topological polar surface area (TPSA) is 66.8 Å². The van der Waals surface area contributed by atoms with Gasteiger partial charge < -0.3 is 14.7 Å². The van der Waals surface area contributed by atoms with Crippen molar-refractivity contribution in [3.05, 3.63) is 35.4 Å². The summed E-state index contributed by atoms with van der Waals surface area (Å²) in [7, 11) is 0. The number of hydrogen-bond donors (Lipinski definition) is 1. The molecule has 1 N–H and O–H groups in total. The molecule has 1 unspecified atom stereocenters. The van der Waals surface area contributed by atoms with Crippen LogP contribution in [0.1, 0.15) is 49.7 Å². The fourth-order valence-electron chi connectivity index (χ4n) is 4.34. The van der Waals surface area contributed by atoms with Crippen LogP contribution in [0.5, 0.6) is 0 Å². The zero-order valence-electron chi connectivity index (χ0n) is 16.2. The van der Waals surface area contributed by atoms with Crippen LogP contribution in [0.25, 0.3) is 0 Å². The number of aliphatic carboxylic acids is 1. The van der Waals surface area contributed by atoms with Crippen LogP contribution in [-0.4, -0.2) is 47.7 Å². The number of carboxylic acid groups (broad SMARTS) is 1. The highest BCUT2D eigenvalue weighted by atomic mass is 16.5. The molecule has 0 spiro atoms. The summed E-state index contributed by atoms with van der Waals surface area (Å²) in [5, 5.41) is 9.33. The molecule has 148 valence electrons. The molecule has 27 heavy (non-hydrogen) atoms. The summed E-state index contributed by atoms with van der Waals surface area (Å²) in [5.41, 5.74) is 2.61. The Labute approximate surface area is 161 Å². The van der Waals surface area contributed by atoms with Crippen LogP contribution in [0.4, 0.5) is 0 Å². The molecule has 3 rings (SSSR count). The van der Waals surface area contributed by atoms with Crippen molar-refractivity contribution in [3.63, 3.8) is 0 Å². The molecule has 2 heterocycles. The van der Waals surface area contributed by atoms with Gasteiger partial charge in [-0.15, -0.1) is 0 Å². The molecule has 0 saturated carbocycles. The fraction of sp³-hybridized carbons (Fsp3) is 0.636. The molecule has 1 aromatic carbocycles. The van der Waals surface area contributed by atoms with Crippen LogP contribution in [0.3, 0.4) is 0 Å². The van der Waals surface area contributed by atoms with Gasteiger partial charge in [-0.3, -0.25) is 9.59 Å². The SMILES string of the molecule is Cc1ccc(CCCCC(=O)N2CCC([C@@H]3OCCC3C(=O)O)CC2)cc1. The third-order valence-corrected chi connectivity index (χ3v) is 6.04. The first-order chi connectivity index (χ1) is 13.0. The molecule has 0 radical (unpaired) electrons. The minimum atomic E-state index is -0.746. The van der Waals surface area contributed by atoms with Crippen LogP contribution in [-0.2, 0) is 20.7 Å². The number of carboxylic acids is 1. The third kappa shape index (κ3) is 5.32. The number of likely N-dealkylation sites (tertiary alicyclic amines) is 1. The standard InChI is InChI=1S/C22H31NO4/c1-16-6-8-17(9-7-16)4-2-3-5-20(24)23-13-10-18(11-14-23)21-19(22(25)26)12-15-27-21/h6-9,18-19,21H,2-5,10-15H2,1H3,(H,25,26)/t19?,21-/m0/s1. The van der Waals surface area contributed by atoms with Crippen molar-refractivity contribution in [1.82, 2.24) is 4.90 Å². The zero-order valence-corrected chi connectivity index (χ0v) is 16.2. The number of aryl methyl sites for hydroxylation is 2.